The van der Waals surface area contributed by atoms with E-state index in [4.69, 9.17) is 4.74 Å². The fraction of sp³-hybridized carbons (Fsp3) is 0.296. The Morgan fingerprint density at radius 1 is 0.914 bits per heavy atom. The van der Waals surface area contributed by atoms with Gasteiger partial charge in [-0.1, -0.05) is 56.3 Å². The number of benzene rings is 3. The zero-order valence-corrected chi connectivity index (χ0v) is 21.5. The van der Waals surface area contributed by atoms with Gasteiger partial charge < -0.3 is 10.1 Å². The summed E-state index contributed by atoms with van der Waals surface area (Å²) < 4.78 is 32.8. The Morgan fingerprint density at radius 3 is 2.11 bits per heavy atom. The number of likely N-dealkylation sites (N-methyl/N-ethyl adjacent to an activating group) is 1. The number of carbonyl (C=O) groups excluding carboxylic acids is 1. The van der Waals surface area contributed by atoms with Gasteiger partial charge in [0.25, 0.3) is 15.9 Å². The number of amides is 1. The minimum absolute atomic E-state index is 0.0457. The van der Waals surface area contributed by atoms with E-state index in [0.29, 0.717) is 23.5 Å². The third kappa shape index (κ3) is 6.01. The lowest BCUT2D eigenvalue weighted by atomic mass is 10.0. The number of nitrogens with one attached hydrogen (secondary N) is 1. The van der Waals surface area contributed by atoms with Gasteiger partial charge in [-0.15, -0.1) is 0 Å². The number of sulfonamides is 1. The van der Waals surface area contributed by atoms with E-state index in [1.807, 2.05) is 18.2 Å². The van der Waals surface area contributed by atoms with Gasteiger partial charge in [-0.25, -0.2) is 8.42 Å². The van der Waals surface area contributed by atoms with Crippen molar-refractivity contribution < 1.29 is 17.9 Å². The van der Waals surface area contributed by atoms with E-state index in [1.54, 1.807) is 24.3 Å². The molecule has 0 saturated carbocycles. The molecule has 0 bridgehead atoms. The standard InChI is InChI=1S/C27H33N3O4S/c1-5-30(6-2)25(21-12-8-7-9-13-21)20-28-27(31)22-16-18-23(19-17-22)35(32,33)29(3)24-14-10-11-15-26(24)34-4/h7-19,25H,5-6,20H2,1-4H3,(H,28,31)/t25-/m1/s1. The van der Waals surface area contributed by atoms with Crippen LogP contribution in [0.3, 0.4) is 0 Å². The summed E-state index contributed by atoms with van der Waals surface area (Å²) in [7, 11) is -0.860. The highest BCUT2D eigenvalue weighted by Crippen LogP contribution is 2.31. The Bertz CT molecular complexity index is 1210. The molecule has 7 nitrogen and oxygen atoms in total. The summed E-state index contributed by atoms with van der Waals surface area (Å²) in [5, 5.41) is 3.01. The molecule has 0 aliphatic rings. The largest absolute Gasteiger partial charge is 0.495 e. The zero-order valence-electron chi connectivity index (χ0n) is 20.6. The van der Waals surface area contributed by atoms with Crippen molar-refractivity contribution in [3.8, 4) is 5.75 Å². The lowest BCUT2D eigenvalue weighted by Gasteiger charge is -2.30. The van der Waals surface area contributed by atoms with Gasteiger partial charge in [0, 0.05) is 19.2 Å². The average Bonchev–Trinajstić information content (AvgIpc) is 2.90. The fourth-order valence-corrected chi connectivity index (χ4v) is 5.25. The summed E-state index contributed by atoms with van der Waals surface area (Å²) in [6, 6.07) is 23.0. The van der Waals surface area contributed by atoms with Crippen LogP contribution in [0.5, 0.6) is 5.75 Å². The van der Waals surface area contributed by atoms with Crippen LogP contribution in [0.15, 0.2) is 83.8 Å². The first kappa shape index (κ1) is 26.2. The highest BCUT2D eigenvalue weighted by atomic mass is 32.2. The highest BCUT2D eigenvalue weighted by molar-refractivity contribution is 7.92. The Kier molecular flexibility index (Phi) is 8.89. The monoisotopic (exact) mass is 495 g/mol. The SMILES string of the molecule is CCN(CC)[C@H](CNC(=O)c1ccc(S(=O)(=O)N(C)c2ccccc2OC)cc1)c1ccccc1. The van der Waals surface area contributed by atoms with Crippen molar-refractivity contribution >= 4 is 21.6 Å². The number of para-hydroxylation sites is 2. The number of anilines is 1. The van der Waals surface area contributed by atoms with Crippen molar-refractivity contribution in [3.05, 3.63) is 90.0 Å². The minimum Gasteiger partial charge on any atom is -0.495 e. The average molecular weight is 496 g/mol. The summed E-state index contributed by atoms with van der Waals surface area (Å²) in [5.41, 5.74) is 1.97. The molecule has 0 heterocycles. The number of carbonyl (C=O) groups is 1. The van der Waals surface area contributed by atoms with Gasteiger partial charge in [0.05, 0.1) is 23.7 Å². The quantitative estimate of drug-likeness (QED) is 0.428. The predicted octanol–water partition coefficient (Wildman–Crippen LogP) is 4.33. The van der Waals surface area contributed by atoms with Crippen LogP contribution in [-0.2, 0) is 10.0 Å². The van der Waals surface area contributed by atoms with Crippen LogP contribution in [0.4, 0.5) is 5.69 Å². The van der Waals surface area contributed by atoms with Crippen LogP contribution in [-0.4, -0.2) is 53.0 Å². The third-order valence-electron chi connectivity index (χ3n) is 6.09. The number of methoxy groups -OCH3 is 1. The van der Waals surface area contributed by atoms with E-state index in [2.05, 4.69) is 36.2 Å². The first-order valence-electron chi connectivity index (χ1n) is 11.6. The first-order valence-corrected chi connectivity index (χ1v) is 13.1. The van der Waals surface area contributed by atoms with Gasteiger partial charge in [-0.05, 0) is 55.1 Å². The van der Waals surface area contributed by atoms with E-state index < -0.39 is 10.0 Å². The molecule has 1 atom stereocenters. The topological polar surface area (TPSA) is 79.0 Å². The van der Waals surface area contributed by atoms with Gasteiger partial charge in [-0.3, -0.25) is 14.0 Å². The van der Waals surface area contributed by atoms with Crippen molar-refractivity contribution in [2.75, 3.05) is 38.1 Å². The molecule has 0 aliphatic carbocycles. The normalized spacial score (nSPS) is 12.3. The number of rotatable bonds is 11. The zero-order chi connectivity index (χ0) is 25.4. The molecule has 0 aromatic heterocycles. The summed E-state index contributed by atoms with van der Waals surface area (Å²) >= 11 is 0. The third-order valence-corrected chi connectivity index (χ3v) is 7.88. The van der Waals surface area contributed by atoms with Crippen LogP contribution in [0.2, 0.25) is 0 Å². The highest BCUT2D eigenvalue weighted by Gasteiger charge is 2.24. The molecule has 0 unspecified atom stereocenters. The number of ether oxygens (including phenoxy) is 1. The van der Waals surface area contributed by atoms with E-state index in [-0.39, 0.29) is 16.8 Å². The van der Waals surface area contributed by atoms with E-state index in [9.17, 15) is 13.2 Å². The first-order chi connectivity index (χ1) is 16.8. The molecule has 0 fully saturated rings. The molecule has 1 amide bonds. The summed E-state index contributed by atoms with van der Waals surface area (Å²) in [6.07, 6.45) is 0. The van der Waals surface area contributed by atoms with Crippen LogP contribution < -0.4 is 14.4 Å². The molecular formula is C27H33N3O4S. The predicted molar refractivity (Wildman–Crippen MR) is 139 cm³/mol. The van der Waals surface area contributed by atoms with Crippen LogP contribution in [0.1, 0.15) is 35.8 Å². The maximum absolute atomic E-state index is 13.2. The summed E-state index contributed by atoms with van der Waals surface area (Å²) in [6.45, 7) is 6.36. The Balaban J connectivity index is 1.74. The lowest BCUT2D eigenvalue weighted by Crippen LogP contribution is -2.38. The van der Waals surface area contributed by atoms with Gasteiger partial charge in [0.2, 0.25) is 0 Å². The molecule has 0 spiro atoms. The van der Waals surface area contributed by atoms with E-state index in [1.165, 1.54) is 42.7 Å². The Hall–Kier alpha value is -3.36. The second kappa shape index (κ2) is 11.9. The second-order valence-corrected chi connectivity index (χ2v) is 10.00. The van der Waals surface area contributed by atoms with Crippen LogP contribution >= 0.6 is 0 Å². The van der Waals surface area contributed by atoms with Crippen molar-refractivity contribution in [2.45, 2.75) is 24.8 Å². The van der Waals surface area contributed by atoms with E-state index in [0.717, 1.165) is 18.7 Å². The number of hydrogen-bond acceptors (Lipinski definition) is 5. The maximum Gasteiger partial charge on any atom is 0.264 e. The second-order valence-electron chi connectivity index (χ2n) is 8.03. The molecule has 3 rings (SSSR count). The van der Waals surface area contributed by atoms with Gasteiger partial charge in [0.1, 0.15) is 5.75 Å². The molecule has 1 N–H and O–H groups in total. The van der Waals surface area contributed by atoms with Crippen LogP contribution in [0.25, 0.3) is 0 Å². The lowest BCUT2D eigenvalue weighted by molar-refractivity contribution is 0.0935. The number of hydrogen-bond donors (Lipinski definition) is 1. The maximum atomic E-state index is 13.2. The molecule has 3 aromatic rings. The van der Waals surface area contributed by atoms with E-state index >= 15 is 0 Å². The van der Waals surface area contributed by atoms with Crippen molar-refractivity contribution in [1.82, 2.24) is 10.2 Å². The molecule has 3 aromatic carbocycles. The number of nitrogens with zero attached hydrogens (tertiary/aromatic N) is 2. The smallest absolute Gasteiger partial charge is 0.264 e. The van der Waals surface area contributed by atoms with Crippen molar-refractivity contribution in [3.63, 3.8) is 0 Å². The molecule has 0 radical (unpaired) electrons. The van der Waals surface area contributed by atoms with Crippen molar-refractivity contribution in [2.24, 2.45) is 0 Å². The molecule has 8 heteroatoms. The molecule has 0 aliphatic heterocycles. The fourth-order valence-electron chi connectivity index (χ4n) is 4.04. The summed E-state index contributed by atoms with van der Waals surface area (Å²) in [5.74, 6) is 0.205. The minimum atomic E-state index is -3.83. The molecule has 0 saturated heterocycles. The Labute approximate surface area is 208 Å². The molecule has 35 heavy (non-hydrogen) atoms. The van der Waals surface area contributed by atoms with Gasteiger partial charge >= 0.3 is 0 Å². The van der Waals surface area contributed by atoms with Crippen molar-refractivity contribution in [1.29, 1.82) is 0 Å². The summed E-state index contributed by atoms with van der Waals surface area (Å²) in [4.78, 5) is 15.3. The van der Waals surface area contributed by atoms with Crippen LogP contribution in [0, 0.1) is 0 Å². The molecular weight excluding hydrogens is 462 g/mol. The van der Waals surface area contributed by atoms with Gasteiger partial charge in [-0.2, -0.15) is 0 Å². The molecule has 186 valence electrons. The van der Waals surface area contributed by atoms with Gasteiger partial charge in [0.15, 0.2) is 0 Å². The Morgan fingerprint density at radius 2 is 1.51 bits per heavy atom.